The number of rotatable bonds is 2. The summed E-state index contributed by atoms with van der Waals surface area (Å²) >= 11 is 0. The fraction of sp³-hybridized carbons (Fsp3) is 0.286. The molecular weight excluding hydrogens is 238 g/mol. The first-order valence-electron chi connectivity index (χ1n) is 6.33. The van der Waals surface area contributed by atoms with E-state index in [1.165, 1.54) is 0 Å². The molecule has 2 aromatic heterocycles. The normalized spacial score (nSPS) is 11.6. The summed E-state index contributed by atoms with van der Waals surface area (Å²) in [6.07, 6.45) is 1.74. The number of aryl methyl sites for hydroxylation is 1. The van der Waals surface area contributed by atoms with E-state index in [0.717, 1.165) is 28.0 Å². The second-order valence-corrected chi connectivity index (χ2v) is 5.08. The van der Waals surface area contributed by atoms with E-state index in [0.29, 0.717) is 11.7 Å². The number of hydrogen-bond acceptors (Lipinski definition) is 3. The van der Waals surface area contributed by atoms with Crippen LogP contribution in [-0.4, -0.2) is 19.7 Å². The molecule has 0 spiro atoms. The van der Waals surface area contributed by atoms with Crippen LogP contribution < -0.4 is 5.73 Å². The topological polar surface area (TPSA) is 72.5 Å². The second-order valence-electron chi connectivity index (χ2n) is 5.08. The third-order valence-corrected chi connectivity index (χ3v) is 3.41. The number of hydrogen-bond donors (Lipinski definition) is 2. The molecule has 98 valence electrons. The number of imidazole rings is 1. The van der Waals surface area contributed by atoms with Gasteiger partial charge in [-0.05, 0) is 17.7 Å². The molecule has 0 aliphatic heterocycles. The molecule has 0 fully saturated rings. The van der Waals surface area contributed by atoms with E-state index in [4.69, 9.17) is 10.7 Å². The van der Waals surface area contributed by atoms with Crippen molar-refractivity contribution in [2.45, 2.75) is 19.8 Å². The summed E-state index contributed by atoms with van der Waals surface area (Å²) in [6, 6.07) is 6.19. The van der Waals surface area contributed by atoms with E-state index < -0.39 is 0 Å². The Balaban J connectivity index is 2.19. The number of nitrogens with zero attached hydrogens (tertiary/aromatic N) is 3. The van der Waals surface area contributed by atoms with Gasteiger partial charge in [0, 0.05) is 18.5 Å². The fourth-order valence-corrected chi connectivity index (χ4v) is 2.43. The summed E-state index contributed by atoms with van der Waals surface area (Å²) in [4.78, 5) is 4.70. The molecule has 2 heterocycles. The van der Waals surface area contributed by atoms with Crippen molar-refractivity contribution >= 4 is 16.9 Å². The first kappa shape index (κ1) is 11.8. The van der Waals surface area contributed by atoms with Crippen LogP contribution in [0.3, 0.4) is 0 Å². The summed E-state index contributed by atoms with van der Waals surface area (Å²) in [5.41, 5.74) is 9.93. The van der Waals surface area contributed by atoms with Crippen LogP contribution in [0, 0.1) is 0 Å². The molecule has 3 N–H and O–H groups in total. The zero-order chi connectivity index (χ0) is 13.6. The molecule has 0 aliphatic rings. The first-order valence-corrected chi connectivity index (χ1v) is 6.33. The smallest absolute Gasteiger partial charge is 0.126 e. The molecule has 0 atom stereocenters. The molecule has 0 aliphatic carbocycles. The number of H-pyrrole nitrogens is 1. The quantitative estimate of drug-likeness (QED) is 0.739. The van der Waals surface area contributed by atoms with Crippen LogP contribution >= 0.6 is 0 Å². The van der Waals surface area contributed by atoms with Crippen LogP contribution in [0.1, 0.15) is 25.6 Å². The molecule has 3 aromatic rings. The van der Waals surface area contributed by atoms with Crippen molar-refractivity contribution in [3.05, 3.63) is 30.2 Å². The van der Waals surface area contributed by atoms with Crippen molar-refractivity contribution in [2.75, 3.05) is 5.73 Å². The number of aromatic nitrogens is 4. The Bertz CT molecular complexity index is 735. The van der Waals surface area contributed by atoms with Gasteiger partial charge in [-0.15, -0.1) is 0 Å². The summed E-state index contributed by atoms with van der Waals surface area (Å²) in [5, 5.41) is 6.71. The molecule has 1 aromatic carbocycles. The van der Waals surface area contributed by atoms with Gasteiger partial charge in [-0.1, -0.05) is 19.9 Å². The molecule has 5 heteroatoms. The molecule has 0 saturated carbocycles. The van der Waals surface area contributed by atoms with Gasteiger partial charge in [-0.3, -0.25) is 5.10 Å². The van der Waals surface area contributed by atoms with Gasteiger partial charge in [0.15, 0.2) is 0 Å². The predicted octanol–water partition coefficient (Wildman–Crippen LogP) is 2.67. The van der Waals surface area contributed by atoms with Crippen LogP contribution in [0.2, 0.25) is 0 Å². The maximum absolute atomic E-state index is 5.86. The lowest BCUT2D eigenvalue weighted by Crippen LogP contribution is -1.99. The van der Waals surface area contributed by atoms with Gasteiger partial charge in [-0.2, -0.15) is 5.10 Å². The highest BCUT2D eigenvalue weighted by Gasteiger charge is 2.12. The van der Waals surface area contributed by atoms with Gasteiger partial charge in [-0.25, -0.2) is 4.98 Å². The Morgan fingerprint density at radius 1 is 1.32 bits per heavy atom. The van der Waals surface area contributed by atoms with Gasteiger partial charge in [0.25, 0.3) is 0 Å². The third kappa shape index (κ3) is 1.78. The van der Waals surface area contributed by atoms with Crippen LogP contribution in [0.15, 0.2) is 24.4 Å². The number of nitrogens with one attached hydrogen (secondary N) is 1. The lowest BCUT2D eigenvalue weighted by molar-refractivity contribution is 0.722. The van der Waals surface area contributed by atoms with E-state index in [1.54, 1.807) is 6.20 Å². The SMILES string of the molecule is CC(C)c1nc2cc(-c3cn[nH]c3N)ccc2n1C. The van der Waals surface area contributed by atoms with E-state index in [9.17, 15) is 0 Å². The molecule has 0 saturated heterocycles. The number of nitrogens with two attached hydrogens (primary N) is 1. The molecule has 3 rings (SSSR count). The standard InChI is InChI=1S/C14H17N5/c1-8(2)14-17-11-6-9(4-5-12(11)19(14)3)10-7-16-18-13(10)15/h4-8H,1-3H3,(H3,15,16,18). The third-order valence-electron chi connectivity index (χ3n) is 3.41. The average Bonchev–Trinajstić information content (AvgIpc) is 2.93. The van der Waals surface area contributed by atoms with Crippen LogP contribution in [0.5, 0.6) is 0 Å². The van der Waals surface area contributed by atoms with Crippen molar-refractivity contribution in [3.63, 3.8) is 0 Å². The molecule has 0 bridgehead atoms. The van der Waals surface area contributed by atoms with Crippen LogP contribution in [0.4, 0.5) is 5.82 Å². The van der Waals surface area contributed by atoms with Gasteiger partial charge in [0.1, 0.15) is 11.6 Å². The zero-order valence-corrected chi connectivity index (χ0v) is 11.3. The highest BCUT2D eigenvalue weighted by atomic mass is 15.1. The number of anilines is 1. The summed E-state index contributed by atoms with van der Waals surface area (Å²) in [5.74, 6) is 2.08. The molecule has 0 amide bonds. The van der Waals surface area contributed by atoms with Crippen LogP contribution in [-0.2, 0) is 7.05 Å². The van der Waals surface area contributed by atoms with E-state index >= 15 is 0 Å². The Labute approximate surface area is 111 Å². The monoisotopic (exact) mass is 255 g/mol. The first-order chi connectivity index (χ1) is 9.08. The Kier molecular flexibility index (Phi) is 2.55. The average molecular weight is 255 g/mol. The van der Waals surface area contributed by atoms with Crippen molar-refractivity contribution in [3.8, 4) is 11.1 Å². The minimum absolute atomic E-state index is 0.403. The van der Waals surface area contributed by atoms with Crippen molar-refractivity contribution in [1.29, 1.82) is 0 Å². The number of aromatic amines is 1. The van der Waals surface area contributed by atoms with E-state index in [2.05, 4.69) is 53.9 Å². The zero-order valence-electron chi connectivity index (χ0n) is 11.3. The number of fused-ring (bicyclic) bond motifs is 1. The summed E-state index contributed by atoms with van der Waals surface area (Å²) in [7, 11) is 2.05. The van der Waals surface area contributed by atoms with Gasteiger partial charge in [0.2, 0.25) is 0 Å². The molecule has 0 unspecified atom stereocenters. The van der Waals surface area contributed by atoms with Gasteiger partial charge in [0.05, 0.1) is 17.2 Å². The number of nitrogen functional groups attached to an aromatic ring is 1. The lowest BCUT2D eigenvalue weighted by atomic mass is 10.1. The number of benzene rings is 1. The summed E-state index contributed by atoms with van der Waals surface area (Å²) in [6.45, 7) is 4.30. The second kappa shape index (κ2) is 4.12. The highest BCUT2D eigenvalue weighted by Crippen LogP contribution is 2.28. The highest BCUT2D eigenvalue weighted by molar-refractivity contribution is 5.85. The minimum atomic E-state index is 0.403. The Morgan fingerprint density at radius 2 is 2.11 bits per heavy atom. The van der Waals surface area contributed by atoms with Gasteiger partial charge >= 0.3 is 0 Å². The molecule has 19 heavy (non-hydrogen) atoms. The van der Waals surface area contributed by atoms with Crippen LogP contribution in [0.25, 0.3) is 22.2 Å². The maximum atomic E-state index is 5.86. The molecular formula is C14H17N5. The maximum Gasteiger partial charge on any atom is 0.126 e. The van der Waals surface area contributed by atoms with Crippen molar-refractivity contribution in [1.82, 2.24) is 19.7 Å². The van der Waals surface area contributed by atoms with E-state index in [1.807, 2.05) is 0 Å². The fourth-order valence-electron chi connectivity index (χ4n) is 2.43. The largest absolute Gasteiger partial charge is 0.384 e. The van der Waals surface area contributed by atoms with Crippen molar-refractivity contribution < 1.29 is 0 Å². The van der Waals surface area contributed by atoms with E-state index in [-0.39, 0.29) is 0 Å². The lowest BCUT2D eigenvalue weighted by Gasteiger charge is -2.04. The molecule has 5 nitrogen and oxygen atoms in total. The Hall–Kier alpha value is -2.30. The van der Waals surface area contributed by atoms with Crippen molar-refractivity contribution in [2.24, 2.45) is 7.05 Å². The minimum Gasteiger partial charge on any atom is -0.384 e. The van der Waals surface area contributed by atoms with Gasteiger partial charge < -0.3 is 10.3 Å². The predicted molar refractivity (Wildman–Crippen MR) is 76.8 cm³/mol. The summed E-state index contributed by atoms with van der Waals surface area (Å²) < 4.78 is 2.14. The Morgan fingerprint density at radius 3 is 2.74 bits per heavy atom. The molecule has 0 radical (unpaired) electrons.